The van der Waals surface area contributed by atoms with E-state index < -0.39 is 6.09 Å². The fourth-order valence-electron chi connectivity index (χ4n) is 4.24. The summed E-state index contributed by atoms with van der Waals surface area (Å²) in [7, 11) is 5.88. The molecule has 1 fully saturated rings. The van der Waals surface area contributed by atoms with E-state index in [1.165, 1.54) is 30.7 Å². The van der Waals surface area contributed by atoms with Crippen LogP contribution in [0.3, 0.4) is 0 Å². The van der Waals surface area contributed by atoms with Crippen molar-refractivity contribution in [1.29, 1.82) is 0 Å². The molecular weight excluding hydrogens is 534 g/mol. The Morgan fingerprint density at radius 2 is 1.85 bits per heavy atom. The first-order valence-electron chi connectivity index (χ1n) is 13.3. The standard InChI is InChI=1S/C29H35N3O5S2/c1-32(16-14-30-28(34)10-6-5-9-23-13-18-38-39-23)17-15-31-29(35)36-22-11-12-26-24(19-22)25(33)20-27(37-26)21-7-3-2-4-8-21/h2-4,7-8,11-12,19-20,23H,5-6,9-10,13-18H2,1H3,(H,30,34)(H,31,35)/t23-/m0/s1. The summed E-state index contributed by atoms with van der Waals surface area (Å²) in [6.45, 7) is 2.24. The van der Waals surface area contributed by atoms with Gasteiger partial charge in [-0.15, -0.1) is 0 Å². The van der Waals surface area contributed by atoms with Crippen molar-refractivity contribution >= 4 is 44.6 Å². The van der Waals surface area contributed by atoms with E-state index in [1.54, 1.807) is 12.1 Å². The van der Waals surface area contributed by atoms with Crippen molar-refractivity contribution in [2.45, 2.75) is 37.4 Å². The molecular formula is C29H35N3O5S2. The molecule has 208 valence electrons. The molecule has 10 heteroatoms. The molecule has 0 spiro atoms. The smallest absolute Gasteiger partial charge is 0.412 e. The molecule has 1 aliphatic rings. The summed E-state index contributed by atoms with van der Waals surface area (Å²) in [5, 5.41) is 6.79. The van der Waals surface area contributed by atoms with Gasteiger partial charge in [-0.3, -0.25) is 9.59 Å². The Kier molecular flexibility index (Phi) is 11.2. The maximum Gasteiger partial charge on any atom is 0.412 e. The highest BCUT2D eigenvalue weighted by Gasteiger charge is 2.16. The highest BCUT2D eigenvalue weighted by Crippen LogP contribution is 2.39. The second-order valence-corrected chi connectivity index (χ2v) is 12.3. The lowest BCUT2D eigenvalue weighted by atomic mass is 10.1. The van der Waals surface area contributed by atoms with Gasteiger partial charge in [-0.1, -0.05) is 58.3 Å². The number of ether oxygens (including phenoxy) is 1. The molecule has 2 aromatic carbocycles. The van der Waals surface area contributed by atoms with Crippen LogP contribution in [0.25, 0.3) is 22.3 Å². The van der Waals surface area contributed by atoms with Gasteiger partial charge in [0.2, 0.25) is 5.91 Å². The Bertz CT molecular complexity index is 1300. The fourth-order valence-corrected chi connectivity index (χ4v) is 7.27. The van der Waals surface area contributed by atoms with Crippen LogP contribution in [-0.4, -0.2) is 61.1 Å². The van der Waals surface area contributed by atoms with E-state index in [9.17, 15) is 14.4 Å². The maximum atomic E-state index is 12.7. The minimum absolute atomic E-state index is 0.0965. The monoisotopic (exact) mass is 569 g/mol. The summed E-state index contributed by atoms with van der Waals surface area (Å²) in [5.41, 5.74) is 1.02. The number of likely N-dealkylation sites (N-methyl/N-ethyl adjacent to an activating group) is 1. The zero-order valence-corrected chi connectivity index (χ0v) is 23.8. The second-order valence-electron chi connectivity index (χ2n) is 9.54. The van der Waals surface area contributed by atoms with Crippen LogP contribution in [0.4, 0.5) is 4.79 Å². The third kappa shape index (κ3) is 9.33. The van der Waals surface area contributed by atoms with Crippen LogP contribution in [0.5, 0.6) is 5.75 Å². The molecule has 2 amide bonds. The summed E-state index contributed by atoms with van der Waals surface area (Å²) in [6.07, 6.45) is 4.51. The average Bonchev–Trinajstić information content (AvgIpc) is 3.45. The lowest BCUT2D eigenvalue weighted by Gasteiger charge is -2.17. The number of carbonyl (C=O) groups excluding carboxylic acids is 2. The number of hydrogen-bond acceptors (Lipinski definition) is 8. The number of amides is 2. The largest absolute Gasteiger partial charge is 0.456 e. The number of rotatable bonds is 13. The van der Waals surface area contributed by atoms with E-state index in [0.717, 1.165) is 23.7 Å². The molecule has 1 aliphatic heterocycles. The van der Waals surface area contributed by atoms with E-state index >= 15 is 0 Å². The van der Waals surface area contributed by atoms with Crippen LogP contribution in [-0.2, 0) is 4.79 Å². The molecule has 0 unspecified atom stereocenters. The highest BCUT2D eigenvalue weighted by atomic mass is 33.1. The third-order valence-corrected chi connectivity index (χ3v) is 9.46. The van der Waals surface area contributed by atoms with E-state index in [1.807, 2.05) is 63.9 Å². The van der Waals surface area contributed by atoms with Crippen molar-refractivity contribution in [3.8, 4) is 17.1 Å². The minimum atomic E-state index is -0.601. The Morgan fingerprint density at radius 3 is 2.62 bits per heavy atom. The first-order chi connectivity index (χ1) is 19.0. The summed E-state index contributed by atoms with van der Waals surface area (Å²) in [4.78, 5) is 39.0. The van der Waals surface area contributed by atoms with Crippen molar-refractivity contribution in [2.75, 3.05) is 39.0 Å². The normalized spacial score (nSPS) is 15.0. The van der Waals surface area contributed by atoms with Gasteiger partial charge in [0.05, 0.1) is 5.39 Å². The van der Waals surface area contributed by atoms with E-state index in [4.69, 9.17) is 9.15 Å². The molecule has 4 rings (SSSR count). The number of hydrogen-bond donors (Lipinski definition) is 2. The molecule has 0 radical (unpaired) electrons. The third-order valence-electron chi connectivity index (χ3n) is 6.45. The van der Waals surface area contributed by atoms with Gasteiger partial charge >= 0.3 is 6.09 Å². The van der Waals surface area contributed by atoms with E-state index in [2.05, 4.69) is 10.6 Å². The predicted octanol–water partition coefficient (Wildman–Crippen LogP) is 5.31. The Morgan fingerprint density at radius 1 is 1.05 bits per heavy atom. The molecule has 0 saturated carbocycles. The van der Waals surface area contributed by atoms with Crippen LogP contribution >= 0.6 is 21.6 Å². The molecule has 1 saturated heterocycles. The zero-order chi connectivity index (χ0) is 27.5. The first-order valence-corrected chi connectivity index (χ1v) is 15.7. The van der Waals surface area contributed by atoms with Crippen LogP contribution in [0.15, 0.2) is 63.8 Å². The minimum Gasteiger partial charge on any atom is -0.456 e. The molecule has 0 aliphatic carbocycles. The summed E-state index contributed by atoms with van der Waals surface area (Å²) in [6, 6.07) is 15.6. The predicted molar refractivity (Wildman–Crippen MR) is 159 cm³/mol. The molecule has 1 atom stereocenters. The highest BCUT2D eigenvalue weighted by molar-refractivity contribution is 8.77. The number of nitrogens with one attached hydrogen (secondary N) is 2. The Labute approximate surface area is 236 Å². The van der Waals surface area contributed by atoms with Gasteiger partial charge in [-0.2, -0.15) is 0 Å². The average molecular weight is 570 g/mol. The molecule has 39 heavy (non-hydrogen) atoms. The van der Waals surface area contributed by atoms with Gasteiger partial charge in [0, 0.05) is 55.2 Å². The van der Waals surface area contributed by atoms with Gasteiger partial charge in [0.25, 0.3) is 0 Å². The Hall–Kier alpha value is -2.95. The first kappa shape index (κ1) is 29.0. The van der Waals surface area contributed by atoms with E-state index in [-0.39, 0.29) is 17.1 Å². The van der Waals surface area contributed by atoms with Crippen molar-refractivity contribution in [1.82, 2.24) is 15.5 Å². The quantitative estimate of drug-likeness (QED) is 0.211. The van der Waals surface area contributed by atoms with Crippen molar-refractivity contribution < 1.29 is 18.7 Å². The Balaban J connectivity index is 1.12. The van der Waals surface area contributed by atoms with Gasteiger partial charge < -0.3 is 24.7 Å². The molecule has 2 N–H and O–H groups in total. The summed E-state index contributed by atoms with van der Waals surface area (Å²) in [5.74, 6) is 2.09. The van der Waals surface area contributed by atoms with Gasteiger partial charge in [0.1, 0.15) is 17.1 Å². The number of carbonyl (C=O) groups is 2. The number of fused-ring (bicyclic) bond motifs is 1. The lowest BCUT2D eigenvalue weighted by Crippen LogP contribution is -2.38. The van der Waals surface area contributed by atoms with Crippen LogP contribution in [0.2, 0.25) is 0 Å². The van der Waals surface area contributed by atoms with Crippen LogP contribution in [0.1, 0.15) is 32.1 Å². The van der Waals surface area contributed by atoms with Gasteiger partial charge in [-0.25, -0.2) is 4.79 Å². The van der Waals surface area contributed by atoms with E-state index in [0.29, 0.717) is 49.3 Å². The fraction of sp³-hybridized carbons (Fsp3) is 0.414. The molecule has 8 nitrogen and oxygen atoms in total. The zero-order valence-electron chi connectivity index (χ0n) is 22.1. The summed E-state index contributed by atoms with van der Waals surface area (Å²) < 4.78 is 11.2. The van der Waals surface area contributed by atoms with Crippen molar-refractivity contribution in [3.63, 3.8) is 0 Å². The molecule has 0 bridgehead atoms. The van der Waals surface area contributed by atoms with Gasteiger partial charge in [0.15, 0.2) is 5.43 Å². The van der Waals surface area contributed by atoms with Crippen LogP contribution < -0.4 is 20.8 Å². The van der Waals surface area contributed by atoms with Crippen molar-refractivity contribution in [3.05, 3.63) is 64.8 Å². The SMILES string of the molecule is CN(CCNC(=O)CCCC[C@H]1CCSS1)CCNC(=O)Oc1ccc2oc(-c3ccccc3)cc(=O)c2c1. The maximum absolute atomic E-state index is 12.7. The number of unbranched alkanes of at least 4 members (excludes halogenated alkanes) is 1. The second kappa shape index (κ2) is 15.0. The number of benzene rings is 2. The molecule has 3 aromatic rings. The van der Waals surface area contributed by atoms with Gasteiger partial charge in [-0.05, 0) is 44.5 Å². The topological polar surface area (TPSA) is 101 Å². The number of nitrogens with zero attached hydrogens (tertiary/aromatic N) is 1. The van der Waals surface area contributed by atoms with Crippen LogP contribution in [0, 0.1) is 0 Å². The molecule has 2 heterocycles. The molecule has 1 aromatic heterocycles. The summed E-state index contributed by atoms with van der Waals surface area (Å²) >= 11 is 0. The van der Waals surface area contributed by atoms with Crippen molar-refractivity contribution in [2.24, 2.45) is 0 Å². The lowest BCUT2D eigenvalue weighted by molar-refractivity contribution is -0.121.